The second-order valence-electron chi connectivity index (χ2n) is 6.73. The number of para-hydroxylation sites is 2. The number of benzene rings is 2. The summed E-state index contributed by atoms with van der Waals surface area (Å²) in [4.78, 5) is 38.7. The Balaban J connectivity index is 1.43. The third kappa shape index (κ3) is 5.76. The first-order valence-corrected chi connectivity index (χ1v) is 9.35. The molecule has 0 aliphatic carbocycles. The average Bonchev–Trinajstić information content (AvgIpc) is 2.73. The molecule has 0 atom stereocenters. The van der Waals surface area contributed by atoms with E-state index in [4.69, 9.17) is 0 Å². The summed E-state index contributed by atoms with van der Waals surface area (Å²) in [6.45, 7) is 2.73. The number of nitrogens with one attached hydrogen (secondary N) is 2. The molecule has 1 aliphatic heterocycles. The average molecular weight is 397 g/mol. The Hall–Kier alpha value is -3.46. The number of rotatable bonds is 6. The monoisotopic (exact) mass is 397 g/mol. The first-order chi connectivity index (χ1) is 14.0. The lowest BCUT2D eigenvalue weighted by Crippen LogP contribution is -2.51. The van der Waals surface area contributed by atoms with E-state index in [-0.39, 0.29) is 23.1 Å². The SMILES string of the molecule is O=C(CN1CCN(c2ccccc2[N+](=O)[O-])CC1)NC(=O)NCc1ccccc1. The van der Waals surface area contributed by atoms with E-state index in [0.717, 1.165) is 5.56 Å². The van der Waals surface area contributed by atoms with Gasteiger partial charge in [0.05, 0.1) is 11.5 Å². The van der Waals surface area contributed by atoms with E-state index in [1.54, 1.807) is 18.2 Å². The highest BCUT2D eigenvalue weighted by atomic mass is 16.6. The standard InChI is InChI=1S/C20H23N5O4/c26-19(22-20(27)21-14-16-6-2-1-3-7-16)15-23-10-12-24(13-11-23)17-8-4-5-9-18(17)25(28)29/h1-9H,10-15H2,(H2,21,22,26,27). The van der Waals surface area contributed by atoms with Crippen LogP contribution >= 0.6 is 0 Å². The van der Waals surface area contributed by atoms with Gasteiger partial charge in [0.1, 0.15) is 5.69 Å². The molecule has 3 rings (SSSR count). The number of imide groups is 1. The van der Waals surface area contributed by atoms with E-state index >= 15 is 0 Å². The predicted octanol–water partition coefficient (Wildman–Crippen LogP) is 1.74. The smallest absolute Gasteiger partial charge is 0.321 e. The Morgan fingerprint density at radius 3 is 2.31 bits per heavy atom. The Morgan fingerprint density at radius 1 is 0.966 bits per heavy atom. The lowest BCUT2D eigenvalue weighted by atomic mass is 10.2. The molecule has 2 N–H and O–H groups in total. The molecule has 2 aromatic carbocycles. The highest BCUT2D eigenvalue weighted by Gasteiger charge is 2.24. The van der Waals surface area contributed by atoms with Gasteiger partial charge >= 0.3 is 6.03 Å². The quantitative estimate of drug-likeness (QED) is 0.568. The maximum absolute atomic E-state index is 12.1. The molecule has 1 saturated heterocycles. The van der Waals surface area contributed by atoms with Crippen LogP contribution in [0.4, 0.5) is 16.2 Å². The maximum atomic E-state index is 12.1. The summed E-state index contributed by atoms with van der Waals surface area (Å²) in [6.07, 6.45) is 0. The number of urea groups is 1. The van der Waals surface area contributed by atoms with Crippen LogP contribution in [0.1, 0.15) is 5.56 Å². The second-order valence-corrected chi connectivity index (χ2v) is 6.73. The van der Waals surface area contributed by atoms with Crippen molar-refractivity contribution >= 4 is 23.3 Å². The lowest BCUT2D eigenvalue weighted by Gasteiger charge is -2.35. The number of anilines is 1. The number of nitro benzene ring substituents is 1. The van der Waals surface area contributed by atoms with E-state index in [1.165, 1.54) is 6.07 Å². The van der Waals surface area contributed by atoms with Crippen LogP contribution in [0.5, 0.6) is 0 Å². The summed E-state index contributed by atoms with van der Waals surface area (Å²) in [5.74, 6) is -0.380. The van der Waals surface area contributed by atoms with E-state index in [1.807, 2.05) is 40.1 Å². The summed E-state index contributed by atoms with van der Waals surface area (Å²) in [5, 5.41) is 16.2. The molecule has 1 heterocycles. The summed E-state index contributed by atoms with van der Waals surface area (Å²) in [6, 6.07) is 15.5. The highest BCUT2D eigenvalue weighted by Crippen LogP contribution is 2.28. The molecule has 1 aliphatic rings. The molecule has 0 spiro atoms. The van der Waals surface area contributed by atoms with Crippen LogP contribution in [0.25, 0.3) is 0 Å². The summed E-state index contributed by atoms with van der Waals surface area (Å²) >= 11 is 0. The van der Waals surface area contributed by atoms with Gasteiger partial charge in [-0.25, -0.2) is 4.79 Å². The number of hydrogen-bond donors (Lipinski definition) is 2. The topological polar surface area (TPSA) is 108 Å². The van der Waals surface area contributed by atoms with Crippen LogP contribution in [-0.4, -0.2) is 54.5 Å². The lowest BCUT2D eigenvalue weighted by molar-refractivity contribution is -0.384. The van der Waals surface area contributed by atoms with Crippen molar-refractivity contribution in [1.29, 1.82) is 0 Å². The van der Waals surface area contributed by atoms with Crippen molar-refractivity contribution < 1.29 is 14.5 Å². The first-order valence-electron chi connectivity index (χ1n) is 9.35. The van der Waals surface area contributed by atoms with Crippen molar-refractivity contribution in [1.82, 2.24) is 15.5 Å². The molecule has 9 nitrogen and oxygen atoms in total. The van der Waals surface area contributed by atoms with Gasteiger partial charge in [-0.3, -0.25) is 25.1 Å². The molecule has 0 unspecified atom stereocenters. The van der Waals surface area contributed by atoms with Gasteiger partial charge in [-0.1, -0.05) is 42.5 Å². The fourth-order valence-electron chi connectivity index (χ4n) is 3.22. The van der Waals surface area contributed by atoms with Crippen molar-refractivity contribution in [2.45, 2.75) is 6.54 Å². The molecule has 152 valence electrons. The number of carbonyl (C=O) groups is 2. The Labute approximate surface area is 168 Å². The van der Waals surface area contributed by atoms with Crippen LogP contribution in [-0.2, 0) is 11.3 Å². The highest BCUT2D eigenvalue weighted by molar-refractivity contribution is 5.95. The Morgan fingerprint density at radius 2 is 1.62 bits per heavy atom. The van der Waals surface area contributed by atoms with Gasteiger partial charge in [0.15, 0.2) is 0 Å². The third-order valence-corrected chi connectivity index (χ3v) is 4.71. The zero-order valence-corrected chi connectivity index (χ0v) is 15.9. The minimum Gasteiger partial charge on any atom is -0.363 e. The summed E-state index contributed by atoms with van der Waals surface area (Å²) in [5.41, 5.74) is 1.61. The Bertz CT molecular complexity index is 866. The fraction of sp³-hybridized carbons (Fsp3) is 0.300. The van der Waals surface area contributed by atoms with Crippen LogP contribution in [0.3, 0.4) is 0 Å². The summed E-state index contributed by atoms with van der Waals surface area (Å²) in [7, 11) is 0. The van der Waals surface area contributed by atoms with Crippen molar-refractivity contribution in [3.8, 4) is 0 Å². The summed E-state index contributed by atoms with van der Waals surface area (Å²) < 4.78 is 0. The zero-order valence-electron chi connectivity index (χ0n) is 15.9. The van der Waals surface area contributed by atoms with Gasteiger partial charge < -0.3 is 10.2 Å². The van der Waals surface area contributed by atoms with Crippen LogP contribution in [0, 0.1) is 10.1 Å². The molecule has 9 heteroatoms. The largest absolute Gasteiger partial charge is 0.363 e. The molecule has 2 aromatic rings. The maximum Gasteiger partial charge on any atom is 0.321 e. The molecule has 0 bridgehead atoms. The van der Waals surface area contributed by atoms with Gasteiger partial charge in [-0.15, -0.1) is 0 Å². The van der Waals surface area contributed by atoms with Crippen molar-refractivity contribution in [3.63, 3.8) is 0 Å². The van der Waals surface area contributed by atoms with Gasteiger partial charge in [-0.05, 0) is 11.6 Å². The van der Waals surface area contributed by atoms with Gasteiger partial charge in [-0.2, -0.15) is 0 Å². The molecule has 1 fully saturated rings. The van der Waals surface area contributed by atoms with E-state index < -0.39 is 6.03 Å². The zero-order chi connectivity index (χ0) is 20.6. The number of nitro groups is 1. The van der Waals surface area contributed by atoms with Gasteiger partial charge in [0.2, 0.25) is 5.91 Å². The second kappa shape index (κ2) is 9.65. The minimum atomic E-state index is -0.530. The van der Waals surface area contributed by atoms with Crippen LogP contribution in [0.2, 0.25) is 0 Å². The van der Waals surface area contributed by atoms with Gasteiger partial charge in [0.25, 0.3) is 5.69 Å². The number of piperazine rings is 1. The number of hydrogen-bond acceptors (Lipinski definition) is 6. The molecule has 29 heavy (non-hydrogen) atoms. The third-order valence-electron chi connectivity index (χ3n) is 4.71. The van der Waals surface area contributed by atoms with E-state index in [9.17, 15) is 19.7 Å². The van der Waals surface area contributed by atoms with Crippen LogP contribution in [0.15, 0.2) is 54.6 Å². The number of carbonyl (C=O) groups excluding carboxylic acids is 2. The van der Waals surface area contributed by atoms with Gasteiger partial charge in [0, 0.05) is 38.8 Å². The minimum absolute atomic E-state index is 0.0776. The molecule has 0 saturated carbocycles. The van der Waals surface area contributed by atoms with Crippen molar-refractivity contribution in [2.24, 2.45) is 0 Å². The first kappa shape index (κ1) is 20.3. The Kier molecular flexibility index (Phi) is 6.75. The predicted molar refractivity (Wildman–Crippen MR) is 109 cm³/mol. The molecule has 0 aromatic heterocycles. The molecule has 0 radical (unpaired) electrons. The van der Waals surface area contributed by atoms with E-state index in [0.29, 0.717) is 38.4 Å². The van der Waals surface area contributed by atoms with Crippen LogP contribution < -0.4 is 15.5 Å². The number of amides is 3. The van der Waals surface area contributed by atoms with Crippen molar-refractivity contribution in [2.75, 3.05) is 37.6 Å². The molecular formula is C20H23N5O4. The van der Waals surface area contributed by atoms with E-state index in [2.05, 4.69) is 10.6 Å². The number of nitrogens with zero attached hydrogens (tertiary/aromatic N) is 3. The molecule has 3 amide bonds. The normalized spacial score (nSPS) is 14.3. The molecular weight excluding hydrogens is 374 g/mol. The fourth-order valence-corrected chi connectivity index (χ4v) is 3.22. The van der Waals surface area contributed by atoms with Crippen molar-refractivity contribution in [3.05, 3.63) is 70.3 Å².